The first kappa shape index (κ1) is 32.0. The number of rotatable bonds is 18. The van der Waals surface area contributed by atoms with Gasteiger partial charge in [-0.1, -0.05) is 72.8 Å². The molecule has 0 aliphatic rings. The number of amides is 2. The number of nitrogens with one attached hydrogen (secondary N) is 1. The first-order valence-corrected chi connectivity index (χ1v) is 13.2. The van der Waals surface area contributed by atoms with Gasteiger partial charge in [0, 0.05) is 25.9 Å². The second-order valence-corrected chi connectivity index (χ2v) is 9.11. The number of hydrogen-bond donors (Lipinski definition) is 2. The topological polar surface area (TPSA) is 122 Å². The van der Waals surface area contributed by atoms with Crippen molar-refractivity contribution in [2.24, 2.45) is 5.92 Å². The van der Waals surface area contributed by atoms with E-state index in [0.717, 1.165) is 11.1 Å². The molecule has 0 aromatic heterocycles. The number of aliphatic hydroxyl groups is 1. The van der Waals surface area contributed by atoms with Crippen LogP contribution in [0, 0.1) is 5.92 Å². The number of benzene rings is 2. The van der Waals surface area contributed by atoms with Gasteiger partial charge in [0.1, 0.15) is 13.2 Å². The van der Waals surface area contributed by atoms with Crippen molar-refractivity contribution in [3.05, 3.63) is 97.1 Å². The van der Waals surface area contributed by atoms with Gasteiger partial charge in [0.2, 0.25) is 11.8 Å². The smallest absolute Gasteiger partial charge is 0.332 e. The molecule has 0 saturated carbocycles. The summed E-state index contributed by atoms with van der Waals surface area (Å²) in [5.41, 5.74) is 1.63. The highest BCUT2D eigenvalue weighted by molar-refractivity contribution is 5.89. The monoisotopic (exact) mass is 550 g/mol. The van der Waals surface area contributed by atoms with Gasteiger partial charge in [-0.2, -0.15) is 0 Å². The molecule has 2 aromatic carbocycles. The van der Waals surface area contributed by atoms with Crippen molar-refractivity contribution < 1.29 is 33.8 Å². The minimum Gasteiger partial charge on any atom is -0.463 e. The van der Waals surface area contributed by atoms with Gasteiger partial charge in [-0.25, -0.2) is 4.79 Å². The fourth-order valence-electron chi connectivity index (χ4n) is 3.80. The van der Waals surface area contributed by atoms with Gasteiger partial charge in [-0.3, -0.25) is 14.4 Å². The van der Waals surface area contributed by atoms with Gasteiger partial charge < -0.3 is 24.8 Å². The van der Waals surface area contributed by atoms with Crippen molar-refractivity contribution in [2.45, 2.75) is 44.9 Å². The Morgan fingerprint density at radius 2 is 1.57 bits per heavy atom. The van der Waals surface area contributed by atoms with Crippen LogP contribution in [-0.4, -0.2) is 59.6 Å². The molecular weight excluding hydrogens is 512 g/mol. The first-order chi connectivity index (χ1) is 19.4. The van der Waals surface area contributed by atoms with Crippen molar-refractivity contribution in [3.63, 3.8) is 0 Å². The predicted octanol–water partition coefficient (Wildman–Crippen LogP) is 3.33. The van der Waals surface area contributed by atoms with Crippen molar-refractivity contribution in [2.75, 3.05) is 19.8 Å². The Kier molecular flexibility index (Phi) is 14.5. The number of carbonyl (C=O) groups excluding carboxylic acids is 4. The lowest BCUT2D eigenvalue weighted by Crippen LogP contribution is -2.48. The van der Waals surface area contributed by atoms with Crippen molar-refractivity contribution in [3.8, 4) is 0 Å². The normalized spacial score (nSPS) is 11.9. The van der Waals surface area contributed by atoms with Crippen LogP contribution in [0.1, 0.15) is 36.8 Å². The van der Waals surface area contributed by atoms with E-state index < -0.39 is 36.4 Å². The average molecular weight is 551 g/mol. The van der Waals surface area contributed by atoms with E-state index in [9.17, 15) is 24.3 Å². The predicted molar refractivity (Wildman–Crippen MR) is 150 cm³/mol. The van der Waals surface area contributed by atoms with Crippen molar-refractivity contribution >= 4 is 23.8 Å². The zero-order valence-electron chi connectivity index (χ0n) is 22.7. The minimum absolute atomic E-state index is 0.0272. The van der Waals surface area contributed by atoms with Crippen LogP contribution in [0.25, 0.3) is 0 Å². The molecule has 9 heteroatoms. The van der Waals surface area contributed by atoms with Crippen LogP contribution in [0.3, 0.4) is 0 Å². The molecule has 0 aliphatic heterocycles. The van der Waals surface area contributed by atoms with Crippen LogP contribution in [0.2, 0.25) is 0 Å². The fourth-order valence-corrected chi connectivity index (χ4v) is 3.80. The van der Waals surface area contributed by atoms with Crippen LogP contribution >= 0.6 is 0 Å². The Balaban J connectivity index is 2.11. The molecule has 2 rings (SSSR count). The summed E-state index contributed by atoms with van der Waals surface area (Å²) in [5, 5.41) is 12.1. The quantitative estimate of drug-likeness (QED) is 0.216. The fraction of sp³-hybridized carbons (Fsp3) is 0.355. The number of aliphatic hydroxyl groups excluding tert-OH is 1. The lowest BCUT2D eigenvalue weighted by Gasteiger charge is -2.25. The van der Waals surface area contributed by atoms with E-state index in [-0.39, 0.29) is 51.5 Å². The molecule has 0 fully saturated rings. The molecule has 2 amide bonds. The molecular formula is C31H38N2O7. The highest BCUT2D eigenvalue weighted by Gasteiger charge is 2.30. The van der Waals surface area contributed by atoms with E-state index in [1.807, 2.05) is 36.4 Å². The SMILES string of the molecule is C=CCCC(=O)OCC(NC(=O)C(CC=C)CC(=O)N(CCO)Cc1ccccc1)C(=O)OCc1ccccc1. The molecule has 214 valence electrons. The Hall–Kier alpha value is -4.24. The Labute approximate surface area is 235 Å². The van der Waals surface area contributed by atoms with Gasteiger partial charge in [-0.05, 0) is 24.0 Å². The number of allylic oxidation sites excluding steroid dienone is 2. The molecule has 0 spiro atoms. The maximum absolute atomic E-state index is 13.3. The number of esters is 2. The second-order valence-electron chi connectivity index (χ2n) is 9.11. The summed E-state index contributed by atoms with van der Waals surface area (Å²) in [4.78, 5) is 52.9. The summed E-state index contributed by atoms with van der Waals surface area (Å²) < 4.78 is 10.6. The van der Waals surface area contributed by atoms with Crippen molar-refractivity contribution in [1.29, 1.82) is 0 Å². The molecule has 9 nitrogen and oxygen atoms in total. The van der Waals surface area contributed by atoms with Crippen LogP contribution in [0.15, 0.2) is 86.0 Å². The number of ether oxygens (including phenoxy) is 2. The van der Waals surface area contributed by atoms with Gasteiger partial charge in [0.15, 0.2) is 6.04 Å². The summed E-state index contributed by atoms with van der Waals surface area (Å²) >= 11 is 0. The third-order valence-corrected chi connectivity index (χ3v) is 5.97. The van der Waals surface area contributed by atoms with Gasteiger partial charge in [0.05, 0.1) is 12.5 Å². The molecule has 2 N–H and O–H groups in total. The second kappa shape index (κ2) is 18.1. The molecule has 0 saturated heterocycles. The molecule has 2 atom stereocenters. The summed E-state index contributed by atoms with van der Waals surface area (Å²) in [7, 11) is 0. The number of nitrogens with zero attached hydrogens (tertiary/aromatic N) is 1. The largest absolute Gasteiger partial charge is 0.463 e. The standard InChI is InChI=1S/C31H38N2O7/c1-3-5-17-29(36)39-23-27(31(38)40-22-25-15-10-7-11-16-25)32-30(37)26(12-4-2)20-28(35)33(18-19-34)21-24-13-8-6-9-14-24/h3-4,6-11,13-16,26-27,34H,1-2,5,12,17-23H2,(H,32,37). The van der Waals surface area contributed by atoms with E-state index in [4.69, 9.17) is 9.47 Å². The first-order valence-electron chi connectivity index (χ1n) is 13.2. The summed E-state index contributed by atoms with van der Waals surface area (Å²) in [6.07, 6.45) is 3.58. The van der Waals surface area contributed by atoms with Gasteiger partial charge in [-0.15, -0.1) is 13.2 Å². The van der Waals surface area contributed by atoms with Gasteiger partial charge >= 0.3 is 11.9 Å². The van der Waals surface area contributed by atoms with E-state index >= 15 is 0 Å². The minimum atomic E-state index is -1.27. The molecule has 2 aromatic rings. The molecule has 2 unspecified atom stereocenters. The molecule has 0 heterocycles. The van der Waals surface area contributed by atoms with Crippen LogP contribution < -0.4 is 5.32 Å². The third kappa shape index (κ3) is 11.7. The summed E-state index contributed by atoms with van der Waals surface area (Å²) in [5.74, 6) is -3.08. The van der Waals surface area contributed by atoms with E-state index in [1.165, 1.54) is 11.0 Å². The number of carbonyl (C=O) groups is 4. The Morgan fingerprint density at radius 1 is 0.925 bits per heavy atom. The Morgan fingerprint density at radius 3 is 2.17 bits per heavy atom. The van der Waals surface area contributed by atoms with Crippen LogP contribution in [0.4, 0.5) is 0 Å². The molecule has 40 heavy (non-hydrogen) atoms. The van der Waals surface area contributed by atoms with Gasteiger partial charge in [0.25, 0.3) is 0 Å². The summed E-state index contributed by atoms with van der Waals surface area (Å²) in [6.45, 7) is 6.95. The molecule has 0 bridgehead atoms. The van der Waals surface area contributed by atoms with E-state index in [0.29, 0.717) is 6.42 Å². The average Bonchev–Trinajstić information content (AvgIpc) is 2.97. The zero-order chi connectivity index (χ0) is 29.2. The summed E-state index contributed by atoms with van der Waals surface area (Å²) in [6, 6.07) is 17.1. The zero-order valence-corrected chi connectivity index (χ0v) is 22.7. The molecule has 0 aliphatic carbocycles. The lowest BCUT2D eigenvalue weighted by atomic mass is 9.98. The van der Waals surface area contributed by atoms with Crippen molar-refractivity contribution in [1.82, 2.24) is 10.2 Å². The lowest BCUT2D eigenvalue weighted by molar-refractivity contribution is -0.155. The highest BCUT2D eigenvalue weighted by Crippen LogP contribution is 2.15. The highest BCUT2D eigenvalue weighted by atomic mass is 16.6. The maximum atomic E-state index is 13.3. The van der Waals surface area contributed by atoms with Crippen LogP contribution in [-0.2, 0) is 41.8 Å². The Bertz CT molecular complexity index is 1110. The van der Waals surface area contributed by atoms with E-state index in [2.05, 4.69) is 18.5 Å². The third-order valence-electron chi connectivity index (χ3n) is 5.97. The molecule has 0 radical (unpaired) electrons. The van der Waals surface area contributed by atoms with E-state index in [1.54, 1.807) is 30.3 Å². The van der Waals surface area contributed by atoms with Crippen LogP contribution in [0.5, 0.6) is 0 Å². The number of hydrogen-bond acceptors (Lipinski definition) is 7. The maximum Gasteiger partial charge on any atom is 0.332 e.